The number of rotatable bonds is 7. The van der Waals surface area contributed by atoms with Crippen LogP contribution >= 0.6 is 11.8 Å². The molecule has 8 heteroatoms. The predicted octanol–water partition coefficient (Wildman–Crippen LogP) is 5.20. The monoisotopic (exact) mass is 516 g/mol. The zero-order valence-corrected chi connectivity index (χ0v) is 22.2. The maximum atomic E-state index is 13.7. The number of hydrogen-bond acceptors (Lipinski definition) is 6. The number of aliphatic imine (C=N–C) groups is 1. The molecule has 0 bridgehead atoms. The largest absolute Gasteiger partial charge is 0.376 e. The maximum absolute atomic E-state index is 13.7. The van der Waals surface area contributed by atoms with Gasteiger partial charge in [-0.3, -0.25) is 9.59 Å². The van der Waals surface area contributed by atoms with Crippen LogP contribution in [-0.2, 0) is 14.3 Å². The second kappa shape index (κ2) is 10.9. The molecule has 1 fully saturated rings. The average Bonchev–Trinajstić information content (AvgIpc) is 3.54. The van der Waals surface area contributed by atoms with Crippen molar-refractivity contribution < 1.29 is 14.3 Å². The average molecular weight is 517 g/mol. The first-order chi connectivity index (χ1) is 17.9. The van der Waals surface area contributed by atoms with E-state index in [0.717, 1.165) is 52.7 Å². The second-order valence-electron chi connectivity index (χ2n) is 9.69. The molecule has 0 aromatic heterocycles. The van der Waals surface area contributed by atoms with Crippen LogP contribution in [-0.4, -0.2) is 41.1 Å². The number of amidine groups is 1. The van der Waals surface area contributed by atoms with Gasteiger partial charge in [-0.2, -0.15) is 0 Å². The van der Waals surface area contributed by atoms with E-state index in [0.29, 0.717) is 17.8 Å². The molecular weight excluding hydrogens is 484 g/mol. The lowest BCUT2D eigenvalue weighted by atomic mass is 9.89. The summed E-state index contributed by atoms with van der Waals surface area (Å²) < 4.78 is 5.65. The van der Waals surface area contributed by atoms with Crippen molar-refractivity contribution in [3.8, 4) is 0 Å². The van der Waals surface area contributed by atoms with Crippen molar-refractivity contribution in [3.05, 3.63) is 87.6 Å². The molecule has 0 spiro atoms. The van der Waals surface area contributed by atoms with E-state index in [4.69, 9.17) is 9.73 Å². The normalized spacial score (nSPS) is 20.9. The van der Waals surface area contributed by atoms with E-state index in [-0.39, 0.29) is 24.3 Å². The number of hydrogen-bond donors (Lipinski definition) is 2. The Morgan fingerprint density at radius 2 is 1.95 bits per heavy atom. The summed E-state index contributed by atoms with van der Waals surface area (Å²) in [6, 6.07) is 15.3. The first-order valence-corrected chi connectivity index (χ1v) is 13.5. The molecule has 3 heterocycles. The summed E-state index contributed by atoms with van der Waals surface area (Å²) in [5.41, 5.74) is 6.02. The van der Waals surface area contributed by atoms with Crippen molar-refractivity contribution in [3.63, 3.8) is 0 Å². The topological polar surface area (TPSA) is 83.0 Å². The van der Waals surface area contributed by atoms with E-state index in [2.05, 4.69) is 47.6 Å². The number of anilines is 1. The Balaban J connectivity index is 1.46. The lowest BCUT2D eigenvalue weighted by molar-refractivity contribution is -0.121. The number of thioether (sulfide) groups is 1. The Bertz CT molecular complexity index is 1300. The van der Waals surface area contributed by atoms with Gasteiger partial charge < -0.3 is 20.3 Å². The molecule has 0 saturated carbocycles. The van der Waals surface area contributed by atoms with Gasteiger partial charge in [0.2, 0.25) is 5.91 Å². The van der Waals surface area contributed by atoms with Crippen LogP contribution in [0.25, 0.3) is 0 Å². The van der Waals surface area contributed by atoms with E-state index < -0.39 is 6.04 Å². The Morgan fingerprint density at radius 3 is 2.70 bits per heavy atom. The number of carbonyl (C=O) groups excluding carboxylic acids is 2. The van der Waals surface area contributed by atoms with E-state index >= 15 is 0 Å². The summed E-state index contributed by atoms with van der Waals surface area (Å²) in [5, 5.41) is 8.84. The van der Waals surface area contributed by atoms with E-state index in [1.165, 1.54) is 11.8 Å². The number of aryl methyl sites for hydroxylation is 2. The SMILES string of the molecule is CC1=C(C(=O)Nc2ccccc2)[C@@H](c2cc(C)ccc2C)N2C(CC(=O)NC[C@@H]3CCCO3)=CSC2=N1. The number of fused-ring (bicyclic) bond motifs is 1. The van der Waals surface area contributed by atoms with Crippen LogP contribution in [0, 0.1) is 13.8 Å². The van der Waals surface area contributed by atoms with Gasteiger partial charge in [0.1, 0.15) is 0 Å². The predicted molar refractivity (Wildman–Crippen MR) is 148 cm³/mol. The number of amides is 2. The Labute approximate surface area is 222 Å². The highest BCUT2D eigenvalue weighted by molar-refractivity contribution is 8.16. The van der Waals surface area contributed by atoms with Crippen molar-refractivity contribution >= 4 is 34.4 Å². The molecule has 0 aliphatic carbocycles. The molecule has 2 aromatic rings. The zero-order chi connectivity index (χ0) is 25.9. The van der Waals surface area contributed by atoms with Crippen molar-refractivity contribution in [1.29, 1.82) is 0 Å². The molecule has 3 aliphatic rings. The van der Waals surface area contributed by atoms with Gasteiger partial charge in [0, 0.05) is 24.5 Å². The lowest BCUT2D eigenvalue weighted by Crippen LogP contribution is -2.39. The Kier molecular flexibility index (Phi) is 7.48. The standard InChI is InChI=1S/C29H32N4O3S/c1-18-11-12-19(2)24(14-18)27-26(28(35)32-21-8-5-4-6-9-21)20(3)31-29-33(27)22(17-37-29)15-25(34)30-16-23-10-7-13-36-23/h4-6,8-9,11-12,14,17,23,27H,7,10,13,15-16H2,1-3H3,(H,30,34)(H,32,35)/t23-,27+/m0/s1. The molecule has 7 nitrogen and oxygen atoms in total. The molecule has 2 atom stereocenters. The van der Waals surface area contributed by atoms with Crippen molar-refractivity contribution in [2.75, 3.05) is 18.5 Å². The fourth-order valence-corrected chi connectivity index (χ4v) is 5.95. The minimum Gasteiger partial charge on any atom is -0.376 e. The van der Waals surface area contributed by atoms with E-state index in [9.17, 15) is 9.59 Å². The van der Waals surface area contributed by atoms with Crippen LogP contribution in [0.15, 0.2) is 75.9 Å². The fourth-order valence-electron chi connectivity index (χ4n) is 4.99. The summed E-state index contributed by atoms with van der Waals surface area (Å²) >= 11 is 1.49. The zero-order valence-electron chi connectivity index (χ0n) is 21.4. The number of ether oxygens (including phenoxy) is 1. The molecule has 1 saturated heterocycles. The van der Waals surface area contributed by atoms with Gasteiger partial charge in [0.05, 0.1) is 29.8 Å². The molecule has 2 amide bonds. The third-order valence-corrected chi connectivity index (χ3v) is 7.79. The van der Waals surface area contributed by atoms with Crippen molar-refractivity contribution in [2.45, 2.75) is 52.2 Å². The Morgan fingerprint density at radius 1 is 1.14 bits per heavy atom. The van der Waals surface area contributed by atoms with Crippen LogP contribution in [0.5, 0.6) is 0 Å². The van der Waals surface area contributed by atoms with Crippen molar-refractivity contribution in [2.24, 2.45) is 4.99 Å². The minimum atomic E-state index is -0.400. The molecule has 0 radical (unpaired) electrons. The minimum absolute atomic E-state index is 0.0649. The summed E-state index contributed by atoms with van der Waals surface area (Å²) in [7, 11) is 0. The Hall–Kier alpha value is -3.36. The van der Waals surface area contributed by atoms with Crippen LogP contribution in [0.4, 0.5) is 5.69 Å². The number of benzene rings is 2. The van der Waals surface area contributed by atoms with Gasteiger partial charge in [0.25, 0.3) is 5.91 Å². The summed E-state index contributed by atoms with van der Waals surface area (Å²) in [5.74, 6) is -0.263. The van der Waals surface area contributed by atoms with Gasteiger partial charge in [-0.05, 0) is 62.3 Å². The van der Waals surface area contributed by atoms with Gasteiger partial charge in [-0.1, -0.05) is 53.7 Å². The second-order valence-corrected chi connectivity index (χ2v) is 10.5. The molecule has 5 rings (SSSR count). The fraction of sp³-hybridized carbons (Fsp3) is 0.345. The number of allylic oxidation sites excluding steroid dienone is 1. The van der Waals surface area contributed by atoms with Gasteiger partial charge in [-0.15, -0.1) is 0 Å². The molecule has 2 N–H and O–H groups in total. The molecule has 3 aliphatic heterocycles. The first kappa shape index (κ1) is 25.3. The van der Waals surface area contributed by atoms with Crippen LogP contribution in [0.1, 0.15) is 48.9 Å². The maximum Gasteiger partial charge on any atom is 0.255 e. The van der Waals surface area contributed by atoms with E-state index in [1.807, 2.05) is 42.7 Å². The highest BCUT2D eigenvalue weighted by Gasteiger charge is 2.41. The third-order valence-electron chi connectivity index (χ3n) is 6.90. The van der Waals surface area contributed by atoms with Gasteiger partial charge >= 0.3 is 0 Å². The molecule has 2 aromatic carbocycles. The first-order valence-electron chi connectivity index (χ1n) is 12.7. The van der Waals surface area contributed by atoms with Crippen LogP contribution in [0.2, 0.25) is 0 Å². The summed E-state index contributed by atoms with van der Waals surface area (Å²) in [6.45, 7) is 7.27. The lowest BCUT2D eigenvalue weighted by Gasteiger charge is -2.37. The quantitative estimate of drug-likeness (QED) is 0.528. The van der Waals surface area contributed by atoms with Crippen molar-refractivity contribution in [1.82, 2.24) is 10.2 Å². The molecular formula is C29H32N4O3S. The van der Waals surface area contributed by atoms with E-state index in [1.54, 1.807) is 0 Å². The highest BCUT2D eigenvalue weighted by Crippen LogP contribution is 2.45. The van der Waals surface area contributed by atoms with Gasteiger partial charge in [-0.25, -0.2) is 4.99 Å². The highest BCUT2D eigenvalue weighted by atomic mass is 32.2. The molecule has 192 valence electrons. The number of para-hydroxylation sites is 1. The molecule has 37 heavy (non-hydrogen) atoms. The summed E-state index contributed by atoms with van der Waals surface area (Å²) in [4.78, 5) is 33.5. The summed E-state index contributed by atoms with van der Waals surface area (Å²) in [6.07, 6.45) is 2.30. The molecule has 0 unspecified atom stereocenters. The van der Waals surface area contributed by atoms with Gasteiger partial charge in [0.15, 0.2) is 5.17 Å². The third kappa shape index (κ3) is 5.50. The smallest absolute Gasteiger partial charge is 0.255 e. The van der Waals surface area contributed by atoms with Crippen LogP contribution in [0.3, 0.4) is 0 Å². The number of carbonyl (C=O) groups is 2. The van der Waals surface area contributed by atoms with Crippen LogP contribution < -0.4 is 10.6 Å². The number of nitrogens with one attached hydrogen (secondary N) is 2. The number of nitrogens with zero attached hydrogens (tertiary/aromatic N) is 2.